The number of amides is 1. The molecule has 3 rings (SSSR count). The molecule has 1 fully saturated rings. The number of benzene rings is 1. The van der Waals surface area contributed by atoms with Crippen molar-refractivity contribution in [3.05, 3.63) is 35.4 Å². The van der Waals surface area contributed by atoms with Crippen LogP contribution in [0.5, 0.6) is 0 Å². The number of carbonyl (C=O) groups is 1. The Morgan fingerprint density at radius 2 is 2.12 bits per heavy atom. The van der Waals surface area contributed by atoms with Gasteiger partial charge < -0.3 is 5.11 Å². The minimum absolute atomic E-state index is 0.0747. The molecule has 1 aromatic rings. The molecule has 2 aliphatic rings. The topological polar surface area (TPSA) is 49.8 Å². The van der Waals surface area contributed by atoms with Crippen LogP contribution in [0.4, 0.5) is 0 Å². The van der Waals surface area contributed by atoms with Gasteiger partial charge in [0, 0.05) is 11.0 Å². The minimum Gasteiger partial charge on any atom is -0.396 e. The molecule has 1 heterocycles. The van der Waals surface area contributed by atoms with E-state index in [0.717, 1.165) is 24.0 Å². The van der Waals surface area contributed by atoms with Crippen LogP contribution < -0.4 is 0 Å². The molecule has 1 amide bonds. The summed E-state index contributed by atoms with van der Waals surface area (Å²) in [6, 6.07) is 7.54. The van der Waals surface area contributed by atoms with Crippen LogP contribution in [0.25, 0.3) is 0 Å². The number of nitrogens with zero attached hydrogens (tertiary/aromatic N) is 1. The lowest BCUT2D eigenvalue weighted by molar-refractivity contribution is -0.143. The van der Waals surface area contributed by atoms with Crippen molar-refractivity contribution >= 4 is 5.91 Å². The van der Waals surface area contributed by atoms with Crippen LogP contribution in [0, 0.1) is 5.41 Å². The Bertz CT molecular complexity index is 454. The molecular weight excluding hydrogens is 218 g/mol. The van der Waals surface area contributed by atoms with Gasteiger partial charge >= 0.3 is 0 Å². The average molecular weight is 233 g/mol. The number of carbonyl (C=O) groups excluding carboxylic acids is 1. The van der Waals surface area contributed by atoms with Crippen molar-refractivity contribution in [3.8, 4) is 0 Å². The molecule has 0 atom stereocenters. The first-order chi connectivity index (χ1) is 8.24. The van der Waals surface area contributed by atoms with Crippen LogP contribution in [0.2, 0.25) is 0 Å². The van der Waals surface area contributed by atoms with Gasteiger partial charge in [-0.3, -0.25) is 9.63 Å². The van der Waals surface area contributed by atoms with Gasteiger partial charge in [0.05, 0.1) is 19.8 Å². The fourth-order valence-corrected chi connectivity index (χ4v) is 2.07. The molecule has 1 aromatic carbocycles. The van der Waals surface area contributed by atoms with E-state index in [2.05, 4.69) is 0 Å². The van der Waals surface area contributed by atoms with E-state index < -0.39 is 0 Å². The summed E-state index contributed by atoms with van der Waals surface area (Å²) in [6.45, 7) is 1.09. The molecule has 1 aliphatic carbocycles. The second-order valence-corrected chi connectivity index (χ2v) is 4.93. The van der Waals surface area contributed by atoms with Crippen molar-refractivity contribution in [2.45, 2.75) is 19.4 Å². The zero-order valence-corrected chi connectivity index (χ0v) is 9.56. The summed E-state index contributed by atoms with van der Waals surface area (Å²) < 4.78 is 0. The van der Waals surface area contributed by atoms with Crippen LogP contribution in [-0.2, 0) is 11.4 Å². The van der Waals surface area contributed by atoms with Crippen molar-refractivity contribution in [2.24, 2.45) is 5.41 Å². The van der Waals surface area contributed by atoms with Crippen molar-refractivity contribution in [1.29, 1.82) is 0 Å². The number of aliphatic hydroxyl groups is 1. The lowest BCUT2D eigenvalue weighted by Gasteiger charge is -2.19. The first-order valence-corrected chi connectivity index (χ1v) is 5.88. The van der Waals surface area contributed by atoms with Crippen LogP contribution in [0.15, 0.2) is 24.3 Å². The largest absolute Gasteiger partial charge is 0.396 e. The third-order valence-electron chi connectivity index (χ3n) is 3.61. The van der Waals surface area contributed by atoms with E-state index in [1.165, 1.54) is 5.06 Å². The summed E-state index contributed by atoms with van der Waals surface area (Å²) in [5.41, 5.74) is 1.64. The van der Waals surface area contributed by atoms with E-state index in [4.69, 9.17) is 4.84 Å². The molecule has 0 bridgehead atoms. The molecule has 17 heavy (non-hydrogen) atoms. The Balaban J connectivity index is 1.66. The standard InChI is InChI=1S/C13H15NO3/c15-8-13(5-6-13)9-17-14-7-10-3-1-2-4-11(10)12(14)16/h1-4,15H,5-9H2. The van der Waals surface area contributed by atoms with Crippen molar-refractivity contribution in [2.75, 3.05) is 13.2 Å². The second kappa shape index (κ2) is 3.82. The zero-order valence-electron chi connectivity index (χ0n) is 9.56. The monoisotopic (exact) mass is 233 g/mol. The summed E-state index contributed by atoms with van der Waals surface area (Å²) in [5, 5.41) is 10.6. The number of hydroxylamine groups is 2. The van der Waals surface area contributed by atoms with Gasteiger partial charge in [0.1, 0.15) is 0 Å². The van der Waals surface area contributed by atoms with Crippen LogP contribution >= 0.6 is 0 Å². The summed E-state index contributed by atoms with van der Waals surface area (Å²) in [5.74, 6) is -0.0747. The minimum atomic E-state index is -0.0882. The number of fused-ring (bicyclic) bond motifs is 1. The molecule has 0 unspecified atom stereocenters. The van der Waals surface area contributed by atoms with E-state index in [1.54, 1.807) is 0 Å². The summed E-state index contributed by atoms with van der Waals surface area (Å²) in [4.78, 5) is 17.5. The SMILES string of the molecule is O=C1c2ccccc2CN1OCC1(CO)CC1. The Morgan fingerprint density at radius 1 is 1.35 bits per heavy atom. The molecular formula is C13H15NO3. The van der Waals surface area contributed by atoms with Gasteiger partial charge in [-0.25, -0.2) is 5.06 Å². The van der Waals surface area contributed by atoms with Crippen molar-refractivity contribution < 1.29 is 14.7 Å². The van der Waals surface area contributed by atoms with Gasteiger partial charge in [-0.15, -0.1) is 0 Å². The Labute approximate surface area is 99.8 Å². The Hall–Kier alpha value is -1.39. The van der Waals surface area contributed by atoms with Gasteiger partial charge in [0.2, 0.25) is 0 Å². The maximum atomic E-state index is 12.0. The molecule has 90 valence electrons. The van der Waals surface area contributed by atoms with E-state index in [-0.39, 0.29) is 17.9 Å². The van der Waals surface area contributed by atoms with Gasteiger partial charge in [-0.2, -0.15) is 0 Å². The van der Waals surface area contributed by atoms with Crippen molar-refractivity contribution in [3.63, 3.8) is 0 Å². The third-order valence-corrected chi connectivity index (χ3v) is 3.61. The van der Waals surface area contributed by atoms with Crippen LogP contribution in [0.3, 0.4) is 0 Å². The van der Waals surface area contributed by atoms with E-state index in [0.29, 0.717) is 13.2 Å². The summed E-state index contributed by atoms with van der Waals surface area (Å²) >= 11 is 0. The molecule has 0 saturated heterocycles. The molecule has 0 radical (unpaired) electrons. The smallest absolute Gasteiger partial charge is 0.278 e. The molecule has 1 aliphatic heterocycles. The van der Waals surface area contributed by atoms with E-state index >= 15 is 0 Å². The van der Waals surface area contributed by atoms with Crippen LogP contribution in [-0.4, -0.2) is 29.3 Å². The average Bonchev–Trinajstić information content (AvgIpc) is 3.08. The zero-order chi connectivity index (χ0) is 11.9. The maximum absolute atomic E-state index is 12.0. The molecule has 4 nitrogen and oxygen atoms in total. The normalized spacial score (nSPS) is 20.5. The Morgan fingerprint density at radius 3 is 2.76 bits per heavy atom. The number of hydrogen-bond acceptors (Lipinski definition) is 3. The van der Waals surface area contributed by atoms with E-state index in [9.17, 15) is 9.90 Å². The highest BCUT2D eigenvalue weighted by Gasteiger charge is 2.43. The first kappa shape index (κ1) is 10.7. The molecule has 1 N–H and O–H groups in total. The third kappa shape index (κ3) is 1.83. The van der Waals surface area contributed by atoms with Gasteiger partial charge in [0.25, 0.3) is 5.91 Å². The number of aliphatic hydroxyl groups excluding tert-OH is 1. The van der Waals surface area contributed by atoms with Gasteiger partial charge in [-0.1, -0.05) is 18.2 Å². The van der Waals surface area contributed by atoms with Crippen molar-refractivity contribution in [1.82, 2.24) is 5.06 Å². The Kier molecular flexibility index (Phi) is 2.42. The van der Waals surface area contributed by atoms with Gasteiger partial charge in [-0.05, 0) is 24.5 Å². The predicted molar refractivity (Wildman–Crippen MR) is 61.0 cm³/mol. The summed E-state index contributed by atoms with van der Waals surface area (Å²) in [6.07, 6.45) is 1.97. The number of rotatable bonds is 4. The fourth-order valence-electron chi connectivity index (χ4n) is 2.07. The highest BCUT2D eigenvalue weighted by molar-refractivity contribution is 5.97. The van der Waals surface area contributed by atoms with E-state index in [1.807, 2.05) is 24.3 Å². The molecule has 0 spiro atoms. The highest BCUT2D eigenvalue weighted by Crippen LogP contribution is 2.45. The molecule has 0 aromatic heterocycles. The lowest BCUT2D eigenvalue weighted by Crippen LogP contribution is -2.28. The molecule has 4 heteroatoms. The predicted octanol–water partition coefficient (Wildman–Crippen LogP) is 1.35. The van der Waals surface area contributed by atoms with Gasteiger partial charge in [0.15, 0.2) is 0 Å². The first-order valence-electron chi connectivity index (χ1n) is 5.88. The highest BCUT2D eigenvalue weighted by atomic mass is 16.7. The maximum Gasteiger partial charge on any atom is 0.278 e. The van der Waals surface area contributed by atoms with Crippen LogP contribution in [0.1, 0.15) is 28.8 Å². The lowest BCUT2D eigenvalue weighted by atomic mass is 10.1. The second-order valence-electron chi connectivity index (χ2n) is 4.93. The fraction of sp³-hybridized carbons (Fsp3) is 0.462. The number of hydrogen-bond donors (Lipinski definition) is 1. The quantitative estimate of drug-likeness (QED) is 0.854. The summed E-state index contributed by atoms with van der Waals surface area (Å²) in [7, 11) is 0. The molecule has 1 saturated carbocycles.